The maximum absolute atomic E-state index is 13.4. The Bertz CT molecular complexity index is 924. The predicted molar refractivity (Wildman–Crippen MR) is 116 cm³/mol. The largest absolute Gasteiger partial charge is 0.495 e. The van der Waals surface area contributed by atoms with E-state index in [9.17, 15) is 8.78 Å². The molecule has 1 aliphatic rings. The first kappa shape index (κ1) is 22.6. The van der Waals surface area contributed by atoms with Crippen LogP contribution in [0.5, 0.6) is 5.75 Å². The minimum atomic E-state index is -2.54. The Kier molecular flexibility index (Phi) is 7.97. The lowest BCUT2D eigenvalue weighted by molar-refractivity contribution is 0.123. The number of pyridine rings is 1. The van der Waals surface area contributed by atoms with Crippen molar-refractivity contribution in [3.05, 3.63) is 82.8 Å². The van der Waals surface area contributed by atoms with Crippen LogP contribution >= 0.6 is 11.6 Å². The molecular weight excluding hydrogens is 394 g/mol. The van der Waals surface area contributed by atoms with E-state index in [1.807, 2.05) is 57.2 Å². The first-order chi connectivity index (χ1) is 13.9. The number of nitrogens with zero attached hydrogens (tertiary/aromatic N) is 2. The van der Waals surface area contributed by atoms with Crippen molar-refractivity contribution in [1.29, 1.82) is 0 Å². The molecule has 0 atom stereocenters. The van der Waals surface area contributed by atoms with Gasteiger partial charge in [-0.15, -0.1) is 0 Å². The molecule has 0 fully saturated rings. The van der Waals surface area contributed by atoms with E-state index in [1.54, 1.807) is 6.07 Å². The summed E-state index contributed by atoms with van der Waals surface area (Å²) >= 11 is 6.44. The Hall–Kier alpha value is -2.66. The Morgan fingerprint density at radius 2 is 1.86 bits per heavy atom. The number of alkyl halides is 2. The van der Waals surface area contributed by atoms with Crippen molar-refractivity contribution in [2.45, 2.75) is 27.2 Å². The number of hydrogen-bond donors (Lipinski definition) is 0. The van der Waals surface area contributed by atoms with E-state index in [1.165, 1.54) is 18.2 Å². The van der Waals surface area contributed by atoms with Crippen molar-refractivity contribution < 1.29 is 13.5 Å². The molecule has 0 spiro atoms. The summed E-state index contributed by atoms with van der Waals surface area (Å²) in [4.78, 5) is 5.88. The number of benzene rings is 1. The van der Waals surface area contributed by atoms with Gasteiger partial charge in [-0.05, 0) is 24.1 Å². The summed E-state index contributed by atoms with van der Waals surface area (Å²) in [5, 5.41) is 0.317. The minimum Gasteiger partial charge on any atom is -0.495 e. The van der Waals surface area contributed by atoms with E-state index >= 15 is 0 Å². The lowest BCUT2D eigenvalue weighted by atomic mass is 9.93. The molecule has 0 N–H and O–H groups in total. The van der Waals surface area contributed by atoms with Crippen molar-refractivity contribution in [2.75, 3.05) is 13.7 Å². The van der Waals surface area contributed by atoms with Gasteiger partial charge in [0.15, 0.2) is 0 Å². The van der Waals surface area contributed by atoms with Crippen LogP contribution in [0.4, 0.5) is 8.78 Å². The fourth-order valence-electron chi connectivity index (χ4n) is 3.00. The minimum absolute atomic E-state index is 0.317. The molecule has 154 valence electrons. The SMILES string of the molecule is C=C1C(C)=CC(c2ccccc2)=C(c2ncc(OC)cc2Cl)N1CC(F)F.CC. The summed E-state index contributed by atoms with van der Waals surface area (Å²) < 4.78 is 31.9. The van der Waals surface area contributed by atoms with E-state index in [-0.39, 0.29) is 0 Å². The fourth-order valence-corrected chi connectivity index (χ4v) is 3.25. The van der Waals surface area contributed by atoms with Gasteiger partial charge in [0.2, 0.25) is 0 Å². The zero-order chi connectivity index (χ0) is 21.6. The van der Waals surface area contributed by atoms with E-state index in [4.69, 9.17) is 16.3 Å². The maximum Gasteiger partial charge on any atom is 0.256 e. The number of rotatable bonds is 5. The van der Waals surface area contributed by atoms with Crippen LogP contribution in [0.15, 0.2) is 66.5 Å². The third kappa shape index (κ3) is 5.04. The molecule has 1 aromatic carbocycles. The molecule has 0 saturated heterocycles. The molecule has 0 radical (unpaired) electrons. The average molecular weight is 419 g/mol. The summed E-state index contributed by atoms with van der Waals surface area (Å²) in [5.74, 6) is 0.493. The van der Waals surface area contributed by atoms with E-state index in [0.717, 1.165) is 16.7 Å². The van der Waals surface area contributed by atoms with E-state index in [2.05, 4.69) is 11.6 Å². The van der Waals surface area contributed by atoms with Crippen molar-refractivity contribution in [3.8, 4) is 5.75 Å². The van der Waals surface area contributed by atoms with E-state index in [0.29, 0.717) is 27.9 Å². The second-order valence-electron chi connectivity index (χ2n) is 6.11. The van der Waals surface area contributed by atoms with Crippen LogP contribution in [0.3, 0.4) is 0 Å². The van der Waals surface area contributed by atoms with Crippen molar-refractivity contribution >= 4 is 22.9 Å². The van der Waals surface area contributed by atoms with E-state index < -0.39 is 13.0 Å². The van der Waals surface area contributed by atoms with Gasteiger partial charge in [0.25, 0.3) is 6.43 Å². The summed E-state index contributed by atoms with van der Waals surface area (Å²) in [6.07, 6.45) is 0.902. The van der Waals surface area contributed by atoms with Crippen LogP contribution in [0.25, 0.3) is 11.3 Å². The first-order valence-electron chi connectivity index (χ1n) is 9.35. The molecule has 3 rings (SSSR count). The van der Waals surface area contributed by atoms with Gasteiger partial charge in [0.1, 0.15) is 11.4 Å². The van der Waals surface area contributed by atoms with Crippen molar-refractivity contribution in [2.24, 2.45) is 0 Å². The summed E-state index contributed by atoms with van der Waals surface area (Å²) in [6.45, 7) is 9.34. The molecule has 0 amide bonds. The number of halogens is 3. The van der Waals surface area contributed by atoms with Gasteiger partial charge >= 0.3 is 0 Å². The standard InChI is InChI=1S/C21H19ClF2N2O.C2H6/c1-13-9-17(15-7-5-4-6-8-15)21(26(14(13)2)12-19(23)24)20-18(22)10-16(27-3)11-25-20;1-2/h4-11,19H,2,12H2,1,3H3;1-2H3. The highest BCUT2D eigenvalue weighted by molar-refractivity contribution is 6.32. The highest BCUT2D eigenvalue weighted by atomic mass is 35.5. The predicted octanol–water partition coefficient (Wildman–Crippen LogP) is 6.68. The Morgan fingerprint density at radius 3 is 2.41 bits per heavy atom. The molecular formula is C23H25ClF2N2O. The topological polar surface area (TPSA) is 25.4 Å². The van der Waals surface area contributed by atoms with Crippen LogP contribution in [0.2, 0.25) is 5.02 Å². The van der Waals surface area contributed by atoms with Gasteiger partial charge in [-0.25, -0.2) is 13.8 Å². The Balaban J connectivity index is 0.00000145. The molecule has 2 heterocycles. The number of aromatic nitrogens is 1. The molecule has 2 aromatic rings. The molecule has 0 aliphatic carbocycles. The van der Waals surface area contributed by atoms with Gasteiger partial charge in [-0.1, -0.05) is 62.4 Å². The summed E-state index contributed by atoms with van der Waals surface area (Å²) in [7, 11) is 1.51. The molecule has 29 heavy (non-hydrogen) atoms. The number of allylic oxidation sites excluding steroid dienone is 3. The fraction of sp³-hybridized carbons (Fsp3) is 0.261. The van der Waals surface area contributed by atoms with Crippen LogP contribution in [-0.4, -0.2) is 30.0 Å². The van der Waals surface area contributed by atoms with Crippen molar-refractivity contribution in [1.82, 2.24) is 9.88 Å². The molecule has 1 aliphatic heterocycles. The van der Waals surface area contributed by atoms with Gasteiger partial charge < -0.3 is 9.64 Å². The zero-order valence-corrected chi connectivity index (χ0v) is 17.8. The van der Waals surface area contributed by atoms with Crippen LogP contribution < -0.4 is 4.74 Å². The quantitative estimate of drug-likeness (QED) is 0.541. The molecule has 0 saturated carbocycles. The normalized spacial score (nSPS) is 13.9. The first-order valence-corrected chi connectivity index (χ1v) is 9.73. The lowest BCUT2D eigenvalue weighted by Crippen LogP contribution is -2.30. The second kappa shape index (κ2) is 10.2. The molecule has 3 nitrogen and oxygen atoms in total. The Labute approximate surface area is 176 Å². The van der Waals surface area contributed by atoms with Gasteiger partial charge in [-0.3, -0.25) is 0 Å². The second-order valence-corrected chi connectivity index (χ2v) is 6.52. The van der Waals surface area contributed by atoms with Crippen LogP contribution in [0, 0.1) is 0 Å². The van der Waals surface area contributed by atoms with Crippen molar-refractivity contribution in [3.63, 3.8) is 0 Å². The third-order valence-electron chi connectivity index (χ3n) is 4.35. The molecule has 6 heteroatoms. The highest BCUT2D eigenvalue weighted by Crippen LogP contribution is 2.41. The average Bonchev–Trinajstić information content (AvgIpc) is 2.73. The van der Waals surface area contributed by atoms with Gasteiger partial charge in [-0.2, -0.15) is 0 Å². The maximum atomic E-state index is 13.4. The smallest absolute Gasteiger partial charge is 0.256 e. The summed E-state index contributed by atoms with van der Waals surface area (Å²) in [6, 6.07) is 11.2. The van der Waals surface area contributed by atoms with Gasteiger partial charge in [0.05, 0.1) is 30.6 Å². The summed E-state index contributed by atoms with van der Waals surface area (Å²) in [5.41, 5.74) is 3.86. The molecule has 0 unspecified atom stereocenters. The van der Waals surface area contributed by atoms with Crippen LogP contribution in [-0.2, 0) is 0 Å². The number of ether oxygens (including phenoxy) is 1. The highest BCUT2D eigenvalue weighted by Gasteiger charge is 2.29. The molecule has 1 aromatic heterocycles. The zero-order valence-electron chi connectivity index (χ0n) is 17.0. The van der Waals surface area contributed by atoms with Crippen LogP contribution in [0.1, 0.15) is 32.0 Å². The van der Waals surface area contributed by atoms with Gasteiger partial charge in [0, 0.05) is 17.3 Å². The monoisotopic (exact) mass is 418 g/mol. The Morgan fingerprint density at radius 1 is 1.21 bits per heavy atom. The lowest BCUT2D eigenvalue weighted by Gasteiger charge is -2.34. The molecule has 0 bridgehead atoms. The number of hydrogen-bond acceptors (Lipinski definition) is 3. The third-order valence-corrected chi connectivity index (χ3v) is 4.64. The number of methoxy groups -OCH3 is 1.